The van der Waals surface area contributed by atoms with Crippen molar-refractivity contribution in [3.8, 4) is 5.75 Å². The van der Waals surface area contributed by atoms with Gasteiger partial charge in [0.15, 0.2) is 5.75 Å². The molecule has 0 spiro atoms. The molecule has 2 rings (SSSR count). The summed E-state index contributed by atoms with van der Waals surface area (Å²) in [5.74, 6) is -1.53. The summed E-state index contributed by atoms with van der Waals surface area (Å²) in [7, 11) is 0. The Bertz CT molecular complexity index is 477. The summed E-state index contributed by atoms with van der Waals surface area (Å²) >= 11 is 0. The second-order valence-electron chi connectivity index (χ2n) is 4.53. The first-order valence-corrected chi connectivity index (χ1v) is 6.32. The van der Waals surface area contributed by atoms with Crippen LogP contribution in [0.3, 0.4) is 0 Å². The van der Waals surface area contributed by atoms with Gasteiger partial charge in [-0.05, 0) is 38.1 Å². The van der Waals surface area contributed by atoms with Crippen molar-refractivity contribution in [3.05, 3.63) is 24.0 Å². The van der Waals surface area contributed by atoms with E-state index in [1.165, 1.54) is 6.07 Å². The van der Waals surface area contributed by atoms with Gasteiger partial charge in [-0.3, -0.25) is 4.79 Å². The number of ether oxygens (including phenoxy) is 1. The van der Waals surface area contributed by atoms with Crippen LogP contribution in [0.1, 0.15) is 12.8 Å². The van der Waals surface area contributed by atoms with Crippen molar-refractivity contribution in [1.82, 2.24) is 5.32 Å². The Morgan fingerprint density at radius 3 is 2.70 bits per heavy atom. The summed E-state index contributed by atoms with van der Waals surface area (Å²) < 4.78 is 41.8. The Labute approximate surface area is 114 Å². The molecule has 0 saturated carbocycles. The number of amides is 1. The third-order valence-corrected chi connectivity index (χ3v) is 3.13. The molecule has 1 heterocycles. The summed E-state index contributed by atoms with van der Waals surface area (Å²) in [5.41, 5.74) is 0.0511. The van der Waals surface area contributed by atoms with Gasteiger partial charge in [0.1, 0.15) is 5.82 Å². The summed E-state index contributed by atoms with van der Waals surface area (Å²) in [4.78, 5) is 12.0. The lowest BCUT2D eigenvalue weighted by atomic mass is 9.97. The van der Waals surface area contributed by atoms with E-state index in [1.807, 2.05) is 0 Å². The molecule has 4 nitrogen and oxygen atoms in total. The number of hydrogen-bond donors (Lipinski definition) is 2. The zero-order valence-electron chi connectivity index (χ0n) is 10.7. The zero-order chi connectivity index (χ0) is 14.5. The van der Waals surface area contributed by atoms with E-state index in [0.717, 1.165) is 25.2 Å². The highest BCUT2D eigenvalue weighted by Crippen LogP contribution is 2.28. The standard InChI is InChI=1S/C13H15F3N2O2/c14-9-1-2-10(11(7-9)20-13(15)16)18-12(19)8-3-5-17-6-4-8/h1-2,7-8,13,17H,3-6H2,(H,18,19). The van der Waals surface area contributed by atoms with Crippen LogP contribution in [0.15, 0.2) is 18.2 Å². The van der Waals surface area contributed by atoms with E-state index in [4.69, 9.17) is 0 Å². The summed E-state index contributed by atoms with van der Waals surface area (Å²) in [6.45, 7) is -1.60. The molecule has 0 aliphatic carbocycles. The van der Waals surface area contributed by atoms with Crippen molar-refractivity contribution < 1.29 is 22.7 Å². The number of rotatable bonds is 4. The van der Waals surface area contributed by atoms with Crippen LogP contribution in [0.4, 0.5) is 18.9 Å². The topological polar surface area (TPSA) is 50.4 Å². The minimum Gasteiger partial charge on any atom is -0.432 e. The van der Waals surface area contributed by atoms with E-state index < -0.39 is 12.4 Å². The lowest BCUT2D eigenvalue weighted by Crippen LogP contribution is -2.34. The predicted octanol–water partition coefficient (Wildman–Crippen LogP) is 2.37. The molecule has 0 unspecified atom stereocenters. The first kappa shape index (κ1) is 14.6. The molecule has 1 amide bonds. The van der Waals surface area contributed by atoms with Crippen molar-refractivity contribution in [2.24, 2.45) is 5.92 Å². The highest BCUT2D eigenvalue weighted by Gasteiger charge is 2.22. The van der Waals surface area contributed by atoms with Gasteiger partial charge in [-0.15, -0.1) is 0 Å². The number of hydrogen-bond acceptors (Lipinski definition) is 3. The molecule has 110 valence electrons. The maximum absolute atomic E-state index is 13.0. The monoisotopic (exact) mass is 288 g/mol. The van der Waals surface area contributed by atoms with Crippen LogP contribution >= 0.6 is 0 Å². The van der Waals surface area contributed by atoms with Gasteiger partial charge in [0.05, 0.1) is 5.69 Å². The van der Waals surface area contributed by atoms with Crippen LogP contribution in [0.25, 0.3) is 0 Å². The van der Waals surface area contributed by atoms with Crippen LogP contribution in [0, 0.1) is 11.7 Å². The molecule has 1 fully saturated rings. The van der Waals surface area contributed by atoms with Crippen molar-refractivity contribution in [2.75, 3.05) is 18.4 Å². The number of benzene rings is 1. The van der Waals surface area contributed by atoms with Crippen LogP contribution in [0.5, 0.6) is 5.75 Å². The fraction of sp³-hybridized carbons (Fsp3) is 0.462. The Morgan fingerprint density at radius 1 is 1.35 bits per heavy atom. The van der Waals surface area contributed by atoms with Gasteiger partial charge in [0.25, 0.3) is 0 Å². The first-order chi connectivity index (χ1) is 9.56. The minimum absolute atomic E-state index is 0.0511. The average molecular weight is 288 g/mol. The molecule has 2 N–H and O–H groups in total. The lowest BCUT2D eigenvalue weighted by Gasteiger charge is -2.22. The molecule has 7 heteroatoms. The highest BCUT2D eigenvalue weighted by molar-refractivity contribution is 5.94. The van der Waals surface area contributed by atoms with Gasteiger partial charge < -0.3 is 15.4 Å². The van der Waals surface area contributed by atoms with E-state index in [-0.39, 0.29) is 23.3 Å². The molecule has 0 radical (unpaired) electrons. The first-order valence-electron chi connectivity index (χ1n) is 6.32. The van der Waals surface area contributed by atoms with Gasteiger partial charge >= 0.3 is 6.61 Å². The van der Waals surface area contributed by atoms with E-state index in [2.05, 4.69) is 15.4 Å². The molecule has 1 aromatic rings. The molecule has 1 aliphatic rings. The Kier molecular flexibility index (Phi) is 4.84. The fourth-order valence-electron chi connectivity index (χ4n) is 2.11. The Morgan fingerprint density at radius 2 is 2.05 bits per heavy atom. The SMILES string of the molecule is O=C(Nc1ccc(F)cc1OC(F)F)C1CCNCC1. The van der Waals surface area contributed by atoms with E-state index >= 15 is 0 Å². The van der Waals surface area contributed by atoms with Gasteiger partial charge in [-0.2, -0.15) is 8.78 Å². The van der Waals surface area contributed by atoms with E-state index in [1.54, 1.807) is 0 Å². The van der Waals surface area contributed by atoms with E-state index in [0.29, 0.717) is 12.8 Å². The minimum atomic E-state index is -3.08. The van der Waals surface area contributed by atoms with Crippen molar-refractivity contribution in [3.63, 3.8) is 0 Å². The average Bonchev–Trinajstić information content (AvgIpc) is 2.42. The number of anilines is 1. The number of halogens is 3. The third kappa shape index (κ3) is 3.86. The number of carbonyl (C=O) groups excluding carboxylic acids is 1. The normalized spacial score (nSPS) is 16.2. The largest absolute Gasteiger partial charge is 0.432 e. The second-order valence-corrected chi connectivity index (χ2v) is 4.53. The molecule has 1 aromatic carbocycles. The number of piperidine rings is 1. The van der Waals surface area contributed by atoms with Gasteiger partial charge in [0, 0.05) is 12.0 Å². The quantitative estimate of drug-likeness (QED) is 0.894. The molecule has 0 bridgehead atoms. The molecule has 0 atom stereocenters. The number of nitrogens with one attached hydrogen (secondary N) is 2. The molecule has 0 aromatic heterocycles. The third-order valence-electron chi connectivity index (χ3n) is 3.13. The summed E-state index contributed by atoms with van der Waals surface area (Å²) in [5, 5.41) is 5.65. The van der Waals surface area contributed by atoms with Gasteiger partial charge in [0.2, 0.25) is 5.91 Å². The molecule has 1 saturated heterocycles. The summed E-state index contributed by atoms with van der Waals surface area (Å²) in [6.07, 6.45) is 1.36. The zero-order valence-corrected chi connectivity index (χ0v) is 10.7. The van der Waals surface area contributed by atoms with Crippen molar-refractivity contribution in [2.45, 2.75) is 19.5 Å². The number of alkyl halides is 2. The Balaban J connectivity index is 2.09. The van der Waals surface area contributed by atoms with Crippen LogP contribution in [0.2, 0.25) is 0 Å². The van der Waals surface area contributed by atoms with Gasteiger partial charge in [-0.25, -0.2) is 4.39 Å². The predicted molar refractivity (Wildman–Crippen MR) is 67.3 cm³/mol. The van der Waals surface area contributed by atoms with Crippen LogP contribution in [-0.4, -0.2) is 25.6 Å². The maximum Gasteiger partial charge on any atom is 0.387 e. The van der Waals surface area contributed by atoms with Gasteiger partial charge in [-0.1, -0.05) is 0 Å². The molecular formula is C13H15F3N2O2. The smallest absolute Gasteiger partial charge is 0.387 e. The Hall–Kier alpha value is -1.76. The lowest BCUT2D eigenvalue weighted by molar-refractivity contribution is -0.120. The molecular weight excluding hydrogens is 273 g/mol. The van der Waals surface area contributed by atoms with Crippen molar-refractivity contribution >= 4 is 11.6 Å². The van der Waals surface area contributed by atoms with Crippen LogP contribution in [-0.2, 0) is 4.79 Å². The fourth-order valence-corrected chi connectivity index (χ4v) is 2.11. The number of carbonyl (C=O) groups is 1. The maximum atomic E-state index is 13.0. The van der Waals surface area contributed by atoms with Crippen LogP contribution < -0.4 is 15.4 Å². The highest BCUT2D eigenvalue weighted by atomic mass is 19.3. The van der Waals surface area contributed by atoms with Crippen molar-refractivity contribution in [1.29, 1.82) is 0 Å². The molecule has 1 aliphatic heterocycles. The van der Waals surface area contributed by atoms with E-state index in [9.17, 15) is 18.0 Å². The molecule has 20 heavy (non-hydrogen) atoms. The second kappa shape index (κ2) is 6.60. The summed E-state index contributed by atoms with van der Waals surface area (Å²) in [6, 6.07) is 3.12.